The minimum atomic E-state index is 0. The summed E-state index contributed by atoms with van der Waals surface area (Å²) in [6.45, 7) is 0.611. The zero-order chi connectivity index (χ0) is 19.2. The molecule has 156 valence electrons. The second kappa shape index (κ2) is 10.8. The first kappa shape index (κ1) is 22.7. The molecule has 8 heteroatoms. The SMILES string of the molecule is CN=C(NCc1cccc(N(C)C)n1)NC1CCCC(C(=O)NC2CC2)C1.I. The van der Waals surface area contributed by atoms with Gasteiger partial charge in [-0.15, -0.1) is 24.0 Å². The first-order valence-corrected chi connectivity index (χ1v) is 9.96. The average Bonchev–Trinajstić information content (AvgIpc) is 3.49. The van der Waals surface area contributed by atoms with Gasteiger partial charge in [0, 0.05) is 39.1 Å². The summed E-state index contributed by atoms with van der Waals surface area (Å²) in [7, 11) is 5.75. The van der Waals surface area contributed by atoms with Crippen LogP contribution in [0.5, 0.6) is 0 Å². The van der Waals surface area contributed by atoms with Crippen molar-refractivity contribution < 1.29 is 4.79 Å². The number of guanidine groups is 1. The Hall–Kier alpha value is -1.58. The summed E-state index contributed by atoms with van der Waals surface area (Å²) in [5.74, 6) is 2.05. The Morgan fingerprint density at radius 1 is 1.18 bits per heavy atom. The molecule has 2 aliphatic rings. The Balaban J connectivity index is 0.00000280. The Kier molecular flexibility index (Phi) is 8.78. The number of anilines is 1. The first-order chi connectivity index (χ1) is 13.0. The monoisotopic (exact) mass is 500 g/mol. The summed E-state index contributed by atoms with van der Waals surface area (Å²) in [5.41, 5.74) is 0.967. The fourth-order valence-corrected chi connectivity index (χ4v) is 3.48. The third kappa shape index (κ3) is 6.79. The lowest BCUT2D eigenvalue weighted by Gasteiger charge is -2.30. The van der Waals surface area contributed by atoms with Crippen LogP contribution in [0.25, 0.3) is 0 Å². The number of carbonyl (C=O) groups excluding carboxylic acids is 1. The van der Waals surface area contributed by atoms with Crippen LogP contribution in [-0.2, 0) is 11.3 Å². The van der Waals surface area contributed by atoms with Crippen LogP contribution in [-0.4, -0.2) is 50.1 Å². The van der Waals surface area contributed by atoms with Gasteiger partial charge >= 0.3 is 0 Å². The van der Waals surface area contributed by atoms with E-state index in [1.165, 1.54) is 0 Å². The number of nitrogens with one attached hydrogen (secondary N) is 3. The number of carbonyl (C=O) groups is 1. The topological polar surface area (TPSA) is 81.7 Å². The van der Waals surface area contributed by atoms with E-state index in [0.29, 0.717) is 12.6 Å². The summed E-state index contributed by atoms with van der Waals surface area (Å²) in [5, 5.41) is 9.98. The maximum Gasteiger partial charge on any atom is 0.223 e. The summed E-state index contributed by atoms with van der Waals surface area (Å²) >= 11 is 0. The standard InChI is InChI=1S/C20H32N6O.HI/c1-21-20(22-13-17-8-5-9-18(23-17)26(2)3)25-16-7-4-6-14(12-16)19(27)24-15-10-11-15;/h5,8-9,14-16H,4,6-7,10-13H2,1-3H3,(H,24,27)(H2,21,22,25);1H. The number of nitrogens with zero attached hydrogens (tertiary/aromatic N) is 3. The fourth-order valence-electron chi connectivity index (χ4n) is 3.48. The lowest BCUT2D eigenvalue weighted by atomic mass is 9.85. The quantitative estimate of drug-likeness (QED) is 0.317. The highest BCUT2D eigenvalue weighted by Gasteiger charge is 2.31. The number of aliphatic imine (C=N–C) groups is 1. The molecule has 1 aromatic rings. The minimum Gasteiger partial charge on any atom is -0.363 e. The van der Waals surface area contributed by atoms with E-state index in [1.54, 1.807) is 7.05 Å². The maximum absolute atomic E-state index is 12.4. The molecule has 0 aromatic carbocycles. The summed E-state index contributed by atoms with van der Waals surface area (Å²) < 4.78 is 0. The van der Waals surface area contributed by atoms with Gasteiger partial charge in [-0.1, -0.05) is 12.5 Å². The van der Waals surface area contributed by atoms with Crippen molar-refractivity contribution in [2.24, 2.45) is 10.9 Å². The van der Waals surface area contributed by atoms with Crippen LogP contribution in [0.1, 0.15) is 44.2 Å². The van der Waals surface area contributed by atoms with Gasteiger partial charge in [0.2, 0.25) is 5.91 Å². The van der Waals surface area contributed by atoms with Crippen molar-refractivity contribution in [1.82, 2.24) is 20.9 Å². The zero-order valence-electron chi connectivity index (χ0n) is 17.1. The van der Waals surface area contributed by atoms with Crippen molar-refractivity contribution in [3.63, 3.8) is 0 Å². The van der Waals surface area contributed by atoms with E-state index in [1.807, 2.05) is 37.2 Å². The molecule has 2 aliphatic carbocycles. The van der Waals surface area contributed by atoms with Gasteiger partial charge < -0.3 is 20.9 Å². The van der Waals surface area contributed by atoms with Crippen molar-refractivity contribution in [2.45, 2.75) is 57.2 Å². The predicted octanol–water partition coefficient (Wildman–Crippen LogP) is 2.27. The number of hydrogen-bond acceptors (Lipinski definition) is 4. The molecule has 1 aromatic heterocycles. The lowest BCUT2D eigenvalue weighted by molar-refractivity contribution is -0.126. The second-order valence-corrected chi connectivity index (χ2v) is 7.79. The van der Waals surface area contributed by atoms with E-state index in [0.717, 1.165) is 56.0 Å². The molecular weight excluding hydrogens is 467 g/mol. The van der Waals surface area contributed by atoms with Crippen LogP contribution < -0.4 is 20.9 Å². The molecule has 0 aliphatic heterocycles. The number of rotatable bonds is 6. The van der Waals surface area contributed by atoms with E-state index in [9.17, 15) is 4.79 Å². The van der Waals surface area contributed by atoms with E-state index in [-0.39, 0.29) is 41.8 Å². The van der Waals surface area contributed by atoms with E-state index in [4.69, 9.17) is 0 Å². The third-order valence-electron chi connectivity index (χ3n) is 5.22. The van der Waals surface area contributed by atoms with Crippen molar-refractivity contribution in [3.8, 4) is 0 Å². The normalized spacial score (nSPS) is 22.0. The fraction of sp³-hybridized carbons (Fsp3) is 0.650. The average molecular weight is 500 g/mol. The van der Waals surface area contributed by atoms with Gasteiger partial charge in [-0.25, -0.2) is 4.98 Å². The van der Waals surface area contributed by atoms with Crippen LogP contribution in [0.2, 0.25) is 0 Å². The highest BCUT2D eigenvalue weighted by atomic mass is 127. The largest absolute Gasteiger partial charge is 0.363 e. The highest BCUT2D eigenvalue weighted by Crippen LogP contribution is 2.26. The summed E-state index contributed by atoms with van der Waals surface area (Å²) in [6, 6.07) is 6.73. The van der Waals surface area contributed by atoms with Crippen LogP contribution in [0.4, 0.5) is 5.82 Å². The van der Waals surface area contributed by atoms with Crippen LogP contribution in [0.3, 0.4) is 0 Å². The molecule has 2 unspecified atom stereocenters. The minimum absolute atomic E-state index is 0. The molecule has 0 saturated heterocycles. The van der Waals surface area contributed by atoms with Gasteiger partial charge in [-0.05, 0) is 44.2 Å². The first-order valence-electron chi connectivity index (χ1n) is 9.96. The molecule has 1 amide bonds. The van der Waals surface area contributed by atoms with Gasteiger partial charge in [0.05, 0.1) is 12.2 Å². The molecule has 3 rings (SSSR count). The van der Waals surface area contributed by atoms with Gasteiger partial charge in [0.15, 0.2) is 5.96 Å². The van der Waals surface area contributed by atoms with E-state index < -0.39 is 0 Å². The van der Waals surface area contributed by atoms with E-state index >= 15 is 0 Å². The number of amides is 1. The Morgan fingerprint density at radius 3 is 2.64 bits per heavy atom. The highest BCUT2D eigenvalue weighted by molar-refractivity contribution is 14.0. The van der Waals surface area contributed by atoms with Crippen LogP contribution >= 0.6 is 24.0 Å². The molecule has 3 N–H and O–H groups in total. The molecule has 2 atom stereocenters. The molecule has 2 fully saturated rings. The van der Waals surface area contributed by atoms with Crippen molar-refractivity contribution in [1.29, 1.82) is 0 Å². The van der Waals surface area contributed by atoms with Gasteiger partial charge in [0.25, 0.3) is 0 Å². The second-order valence-electron chi connectivity index (χ2n) is 7.79. The molecule has 7 nitrogen and oxygen atoms in total. The number of halogens is 1. The molecule has 1 heterocycles. The molecule has 0 spiro atoms. The predicted molar refractivity (Wildman–Crippen MR) is 124 cm³/mol. The number of aromatic nitrogens is 1. The molecular formula is C20H33IN6O. The Labute approximate surface area is 185 Å². The molecule has 28 heavy (non-hydrogen) atoms. The summed E-state index contributed by atoms with van der Waals surface area (Å²) in [4.78, 5) is 23.3. The zero-order valence-corrected chi connectivity index (χ0v) is 19.4. The Morgan fingerprint density at radius 2 is 1.96 bits per heavy atom. The molecule has 0 bridgehead atoms. The Bertz CT molecular complexity index is 676. The number of hydrogen-bond donors (Lipinski definition) is 3. The van der Waals surface area contributed by atoms with Crippen molar-refractivity contribution in [3.05, 3.63) is 23.9 Å². The van der Waals surface area contributed by atoms with Crippen molar-refractivity contribution in [2.75, 3.05) is 26.0 Å². The molecule has 0 radical (unpaired) electrons. The molecule has 2 saturated carbocycles. The smallest absolute Gasteiger partial charge is 0.223 e. The van der Waals surface area contributed by atoms with Gasteiger partial charge in [0.1, 0.15) is 5.82 Å². The van der Waals surface area contributed by atoms with Crippen LogP contribution in [0.15, 0.2) is 23.2 Å². The number of pyridine rings is 1. The van der Waals surface area contributed by atoms with Gasteiger partial charge in [-0.3, -0.25) is 9.79 Å². The van der Waals surface area contributed by atoms with E-state index in [2.05, 4.69) is 25.9 Å². The summed E-state index contributed by atoms with van der Waals surface area (Å²) in [6.07, 6.45) is 6.28. The van der Waals surface area contributed by atoms with Crippen molar-refractivity contribution >= 4 is 41.7 Å². The van der Waals surface area contributed by atoms with Gasteiger partial charge in [-0.2, -0.15) is 0 Å². The van der Waals surface area contributed by atoms with Crippen LogP contribution in [0, 0.1) is 5.92 Å². The maximum atomic E-state index is 12.4. The third-order valence-corrected chi connectivity index (χ3v) is 5.22. The lowest BCUT2D eigenvalue weighted by Crippen LogP contribution is -2.47.